The van der Waals surface area contributed by atoms with Crippen LogP contribution in [0.2, 0.25) is 5.02 Å². The lowest BCUT2D eigenvalue weighted by Gasteiger charge is -2.16. The molecule has 2 aromatic carbocycles. The molecule has 0 aliphatic carbocycles. The Bertz CT molecular complexity index is 909. The van der Waals surface area contributed by atoms with E-state index in [0.717, 1.165) is 6.42 Å². The molecule has 26 heavy (non-hydrogen) atoms. The molecule has 0 aliphatic heterocycles. The minimum Gasteiger partial charge on any atom is -0.507 e. The third-order valence-corrected chi connectivity index (χ3v) is 4.58. The predicted molar refractivity (Wildman–Crippen MR) is 105 cm³/mol. The fraction of sp³-hybridized carbons (Fsp3) is 0.190. The van der Waals surface area contributed by atoms with Crippen molar-refractivity contribution in [2.24, 2.45) is 0 Å². The molecule has 2 N–H and O–H groups in total. The van der Waals surface area contributed by atoms with Crippen LogP contribution in [0, 0.1) is 5.82 Å². The van der Waals surface area contributed by atoms with Crippen molar-refractivity contribution in [1.29, 1.82) is 0 Å². The smallest absolute Gasteiger partial charge is 0.132 e. The van der Waals surface area contributed by atoms with Crippen molar-refractivity contribution < 1.29 is 9.50 Å². The average molecular weight is 371 g/mol. The second kappa shape index (κ2) is 7.75. The van der Waals surface area contributed by atoms with E-state index in [1.165, 1.54) is 6.07 Å². The SMILES string of the molecule is CCC(C)Nc1cc(-c2c(F)cccc2Cl)cc(-c2ccccc2O)n1. The van der Waals surface area contributed by atoms with Crippen LogP contribution in [0.1, 0.15) is 20.3 Å². The van der Waals surface area contributed by atoms with Crippen molar-refractivity contribution in [1.82, 2.24) is 4.98 Å². The van der Waals surface area contributed by atoms with E-state index in [1.807, 2.05) is 13.0 Å². The third kappa shape index (κ3) is 3.81. The quantitative estimate of drug-likeness (QED) is 0.568. The summed E-state index contributed by atoms with van der Waals surface area (Å²) in [5, 5.41) is 13.8. The molecule has 134 valence electrons. The molecule has 0 fully saturated rings. The standard InChI is InChI=1S/C21H20ClFN2O/c1-3-13(2)24-20-12-14(21-16(22)8-6-9-17(21)23)11-18(25-20)15-7-4-5-10-19(15)26/h4-13,26H,3H2,1-2H3,(H,24,25). The first-order valence-corrected chi connectivity index (χ1v) is 8.88. The summed E-state index contributed by atoms with van der Waals surface area (Å²) < 4.78 is 14.4. The molecule has 1 atom stereocenters. The molecule has 5 heteroatoms. The van der Waals surface area contributed by atoms with Gasteiger partial charge >= 0.3 is 0 Å². The summed E-state index contributed by atoms with van der Waals surface area (Å²) in [6.07, 6.45) is 0.915. The number of halogens is 2. The Kier molecular flexibility index (Phi) is 5.43. The largest absolute Gasteiger partial charge is 0.507 e. The van der Waals surface area contributed by atoms with Gasteiger partial charge in [-0.05, 0) is 55.3 Å². The first-order valence-electron chi connectivity index (χ1n) is 8.51. The van der Waals surface area contributed by atoms with E-state index in [2.05, 4.69) is 17.2 Å². The topological polar surface area (TPSA) is 45.1 Å². The van der Waals surface area contributed by atoms with E-state index >= 15 is 0 Å². The predicted octanol–water partition coefficient (Wildman–Crippen LogP) is 6.12. The fourth-order valence-corrected chi connectivity index (χ4v) is 2.98. The second-order valence-electron chi connectivity index (χ2n) is 6.19. The van der Waals surface area contributed by atoms with E-state index in [-0.39, 0.29) is 11.8 Å². The maximum absolute atomic E-state index is 14.4. The highest BCUT2D eigenvalue weighted by atomic mass is 35.5. The molecular weight excluding hydrogens is 351 g/mol. The molecule has 1 unspecified atom stereocenters. The number of anilines is 1. The van der Waals surface area contributed by atoms with Crippen LogP contribution in [0.25, 0.3) is 22.4 Å². The molecule has 3 aromatic rings. The van der Waals surface area contributed by atoms with Gasteiger partial charge in [-0.25, -0.2) is 9.37 Å². The number of pyridine rings is 1. The van der Waals surface area contributed by atoms with Gasteiger partial charge in [-0.15, -0.1) is 0 Å². The molecule has 3 rings (SSSR count). The summed E-state index contributed by atoms with van der Waals surface area (Å²) in [5.41, 5.74) is 2.05. The van der Waals surface area contributed by atoms with Crippen molar-refractivity contribution in [2.45, 2.75) is 26.3 Å². The summed E-state index contributed by atoms with van der Waals surface area (Å²) in [6.45, 7) is 4.11. The van der Waals surface area contributed by atoms with Crippen molar-refractivity contribution in [3.63, 3.8) is 0 Å². The van der Waals surface area contributed by atoms with Gasteiger partial charge in [0.05, 0.1) is 10.7 Å². The normalized spacial score (nSPS) is 12.0. The van der Waals surface area contributed by atoms with Gasteiger partial charge in [-0.3, -0.25) is 0 Å². The Labute approximate surface area is 157 Å². The minimum atomic E-state index is -0.401. The maximum atomic E-state index is 14.4. The van der Waals surface area contributed by atoms with E-state index in [1.54, 1.807) is 42.5 Å². The van der Waals surface area contributed by atoms with Gasteiger partial charge in [0.1, 0.15) is 17.4 Å². The minimum absolute atomic E-state index is 0.117. The molecule has 3 nitrogen and oxygen atoms in total. The highest BCUT2D eigenvalue weighted by Gasteiger charge is 2.15. The lowest BCUT2D eigenvalue weighted by molar-refractivity contribution is 0.477. The Balaban J connectivity index is 2.20. The third-order valence-electron chi connectivity index (χ3n) is 4.26. The zero-order chi connectivity index (χ0) is 18.7. The number of phenols is 1. The van der Waals surface area contributed by atoms with E-state index in [9.17, 15) is 9.50 Å². The Morgan fingerprint density at radius 3 is 2.62 bits per heavy atom. The Morgan fingerprint density at radius 1 is 1.15 bits per heavy atom. The van der Waals surface area contributed by atoms with Gasteiger partial charge in [0, 0.05) is 17.2 Å². The van der Waals surface area contributed by atoms with Crippen molar-refractivity contribution in [3.05, 3.63) is 65.4 Å². The van der Waals surface area contributed by atoms with Crippen LogP contribution < -0.4 is 5.32 Å². The molecule has 0 bridgehead atoms. The number of nitrogens with zero attached hydrogens (tertiary/aromatic N) is 1. The molecule has 0 radical (unpaired) electrons. The Morgan fingerprint density at radius 2 is 1.92 bits per heavy atom. The van der Waals surface area contributed by atoms with Crippen LogP contribution in [0.3, 0.4) is 0 Å². The average Bonchev–Trinajstić information content (AvgIpc) is 2.61. The lowest BCUT2D eigenvalue weighted by atomic mass is 10.0. The lowest BCUT2D eigenvalue weighted by Crippen LogP contribution is -2.14. The van der Waals surface area contributed by atoms with Gasteiger partial charge in [0.2, 0.25) is 0 Å². The summed E-state index contributed by atoms with van der Waals surface area (Å²) in [4.78, 5) is 4.60. The number of aromatic nitrogens is 1. The van der Waals surface area contributed by atoms with Crippen LogP contribution in [0.5, 0.6) is 5.75 Å². The summed E-state index contributed by atoms with van der Waals surface area (Å²) in [5.74, 6) is 0.321. The second-order valence-corrected chi connectivity index (χ2v) is 6.60. The molecular formula is C21H20ClFN2O. The van der Waals surface area contributed by atoms with Gasteiger partial charge < -0.3 is 10.4 Å². The highest BCUT2D eigenvalue weighted by Crippen LogP contribution is 2.36. The number of para-hydroxylation sites is 1. The number of hydrogen-bond acceptors (Lipinski definition) is 3. The molecule has 0 aliphatic rings. The zero-order valence-corrected chi connectivity index (χ0v) is 15.4. The maximum Gasteiger partial charge on any atom is 0.132 e. The van der Waals surface area contributed by atoms with Crippen LogP contribution >= 0.6 is 11.6 Å². The summed E-state index contributed by atoms with van der Waals surface area (Å²) >= 11 is 6.25. The van der Waals surface area contributed by atoms with Crippen molar-refractivity contribution in [2.75, 3.05) is 5.32 Å². The number of aromatic hydroxyl groups is 1. The molecule has 0 amide bonds. The Hall–Kier alpha value is -2.59. The number of nitrogens with one attached hydrogen (secondary N) is 1. The van der Waals surface area contributed by atoms with Crippen LogP contribution in [-0.2, 0) is 0 Å². The highest BCUT2D eigenvalue weighted by molar-refractivity contribution is 6.33. The van der Waals surface area contributed by atoms with E-state index < -0.39 is 5.82 Å². The van der Waals surface area contributed by atoms with E-state index in [4.69, 9.17) is 11.6 Å². The van der Waals surface area contributed by atoms with Crippen molar-refractivity contribution in [3.8, 4) is 28.1 Å². The van der Waals surface area contributed by atoms with Crippen LogP contribution in [0.15, 0.2) is 54.6 Å². The van der Waals surface area contributed by atoms with Gasteiger partial charge in [-0.2, -0.15) is 0 Å². The number of benzene rings is 2. The van der Waals surface area contributed by atoms with Gasteiger partial charge in [-0.1, -0.05) is 36.7 Å². The number of rotatable bonds is 5. The number of hydrogen-bond donors (Lipinski definition) is 2. The van der Waals surface area contributed by atoms with Gasteiger partial charge in [0.15, 0.2) is 0 Å². The molecule has 0 spiro atoms. The summed E-state index contributed by atoms with van der Waals surface area (Å²) in [7, 11) is 0. The molecule has 1 heterocycles. The monoisotopic (exact) mass is 370 g/mol. The number of phenolic OH excluding ortho intramolecular Hbond substituents is 1. The first kappa shape index (κ1) is 18.2. The summed E-state index contributed by atoms with van der Waals surface area (Å²) in [6, 6.07) is 15.3. The molecule has 1 aromatic heterocycles. The molecule has 0 saturated carbocycles. The van der Waals surface area contributed by atoms with Gasteiger partial charge in [0.25, 0.3) is 0 Å². The zero-order valence-electron chi connectivity index (χ0n) is 14.6. The van der Waals surface area contributed by atoms with E-state index in [0.29, 0.717) is 33.2 Å². The van der Waals surface area contributed by atoms with Crippen molar-refractivity contribution >= 4 is 17.4 Å². The van der Waals surface area contributed by atoms with Crippen LogP contribution in [0.4, 0.5) is 10.2 Å². The fourth-order valence-electron chi connectivity index (χ4n) is 2.71. The molecule has 0 saturated heterocycles. The first-order chi connectivity index (χ1) is 12.5. The van der Waals surface area contributed by atoms with Crippen LogP contribution in [-0.4, -0.2) is 16.1 Å².